The van der Waals surface area contributed by atoms with Gasteiger partial charge in [-0.3, -0.25) is 4.90 Å². The zero-order valence-corrected chi connectivity index (χ0v) is 12.0. The molecular weight excluding hydrogens is 210 g/mol. The van der Waals surface area contributed by atoms with Gasteiger partial charge in [0.15, 0.2) is 0 Å². The average Bonchev–Trinajstić information content (AvgIpc) is 2.24. The van der Waals surface area contributed by atoms with E-state index in [4.69, 9.17) is 0 Å². The van der Waals surface area contributed by atoms with Crippen molar-refractivity contribution in [2.75, 3.05) is 13.1 Å². The highest BCUT2D eigenvalue weighted by atomic mass is 15.1. The Hall–Kier alpha value is -0.960. The van der Waals surface area contributed by atoms with Gasteiger partial charge in [-0.25, -0.2) is 9.97 Å². The van der Waals surface area contributed by atoms with Gasteiger partial charge in [0.1, 0.15) is 5.82 Å². The van der Waals surface area contributed by atoms with Crippen LogP contribution in [0, 0.1) is 13.8 Å². The molecule has 0 radical (unpaired) electrons. The van der Waals surface area contributed by atoms with Crippen LogP contribution in [0.1, 0.15) is 56.4 Å². The molecule has 1 rings (SSSR count). The van der Waals surface area contributed by atoms with E-state index in [0.29, 0.717) is 5.92 Å². The first-order chi connectivity index (χ1) is 7.99. The molecule has 96 valence electrons. The third kappa shape index (κ3) is 3.50. The Morgan fingerprint density at radius 1 is 1.00 bits per heavy atom. The fraction of sp³-hybridized carbons (Fsp3) is 0.714. The first-order valence-corrected chi connectivity index (χ1v) is 6.55. The summed E-state index contributed by atoms with van der Waals surface area (Å²) in [6, 6.07) is 0. The number of hydrogen-bond acceptors (Lipinski definition) is 3. The summed E-state index contributed by atoms with van der Waals surface area (Å²) in [5, 5.41) is 0. The number of hydrogen-bond donors (Lipinski definition) is 0. The van der Waals surface area contributed by atoms with Crippen LogP contribution in [0.15, 0.2) is 0 Å². The van der Waals surface area contributed by atoms with Crippen molar-refractivity contribution in [2.24, 2.45) is 0 Å². The van der Waals surface area contributed by atoms with Crippen molar-refractivity contribution < 1.29 is 0 Å². The molecule has 0 fully saturated rings. The lowest BCUT2D eigenvalue weighted by atomic mass is 10.0. The van der Waals surface area contributed by atoms with Gasteiger partial charge in [0.2, 0.25) is 0 Å². The lowest BCUT2D eigenvalue weighted by Crippen LogP contribution is -2.24. The molecule has 0 aliphatic rings. The summed E-state index contributed by atoms with van der Waals surface area (Å²) in [5.41, 5.74) is 3.57. The predicted molar refractivity (Wildman–Crippen MR) is 72.2 cm³/mol. The Morgan fingerprint density at radius 2 is 1.47 bits per heavy atom. The van der Waals surface area contributed by atoms with Gasteiger partial charge in [0.05, 0.1) is 6.54 Å². The van der Waals surface area contributed by atoms with Crippen LogP contribution < -0.4 is 0 Å². The summed E-state index contributed by atoms with van der Waals surface area (Å²) in [7, 11) is 0. The molecule has 0 atom stereocenters. The molecule has 3 nitrogen and oxygen atoms in total. The lowest BCUT2D eigenvalue weighted by molar-refractivity contribution is 0.287. The summed E-state index contributed by atoms with van der Waals surface area (Å²) < 4.78 is 0. The zero-order valence-electron chi connectivity index (χ0n) is 12.0. The number of nitrogens with zero attached hydrogens (tertiary/aromatic N) is 3. The molecule has 1 aromatic heterocycles. The SMILES string of the molecule is CCN(CC)Cc1nc(C)c(C(C)C)c(C)n1. The number of rotatable bonds is 5. The maximum Gasteiger partial charge on any atom is 0.142 e. The van der Waals surface area contributed by atoms with Gasteiger partial charge < -0.3 is 0 Å². The minimum Gasteiger partial charge on any atom is -0.296 e. The number of aryl methyl sites for hydroxylation is 2. The lowest BCUT2D eigenvalue weighted by Gasteiger charge is -2.19. The second-order valence-electron chi connectivity index (χ2n) is 4.84. The molecule has 0 N–H and O–H groups in total. The quantitative estimate of drug-likeness (QED) is 0.785. The van der Waals surface area contributed by atoms with E-state index in [0.717, 1.165) is 36.8 Å². The van der Waals surface area contributed by atoms with E-state index in [-0.39, 0.29) is 0 Å². The first kappa shape index (κ1) is 14.1. The van der Waals surface area contributed by atoms with Crippen molar-refractivity contribution in [1.29, 1.82) is 0 Å². The van der Waals surface area contributed by atoms with E-state index < -0.39 is 0 Å². The maximum atomic E-state index is 4.64. The van der Waals surface area contributed by atoms with Gasteiger partial charge in [-0.15, -0.1) is 0 Å². The smallest absolute Gasteiger partial charge is 0.142 e. The minimum absolute atomic E-state index is 0.498. The van der Waals surface area contributed by atoms with Crippen molar-refractivity contribution in [3.05, 3.63) is 22.8 Å². The van der Waals surface area contributed by atoms with E-state index in [1.165, 1.54) is 5.56 Å². The molecule has 0 aliphatic carbocycles. The van der Waals surface area contributed by atoms with E-state index >= 15 is 0 Å². The van der Waals surface area contributed by atoms with Gasteiger partial charge >= 0.3 is 0 Å². The van der Waals surface area contributed by atoms with Crippen molar-refractivity contribution in [1.82, 2.24) is 14.9 Å². The topological polar surface area (TPSA) is 29.0 Å². The summed E-state index contributed by atoms with van der Waals surface area (Å²) in [6.45, 7) is 15.9. The fourth-order valence-electron chi connectivity index (χ4n) is 2.35. The highest BCUT2D eigenvalue weighted by molar-refractivity contribution is 5.27. The molecule has 1 aromatic rings. The minimum atomic E-state index is 0.498. The molecule has 0 amide bonds. The highest BCUT2D eigenvalue weighted by Crippen LogP contribution is 2.20. The van der Waals surface area contributed by atoms with Gasteiger partial charge in [-0.05, 0) is 38.4 Å². The summed E-state index contributed by atoms with van der Waals surface area (Å²) in [4.78, 5) is 11.6. The maximum absolute atomic E-state index is 4.64. The van der Waals surface area contributed by atoms with Crippen LogP contribution in [0.3, 0.4) is 0 Å². The fourth-order valence-corrected chi connectivity index (χ4v) is 2.35. The van der Waals surface area contributed by atoms with Crippen LogP contribution in [0.5, 0.6) is 0 Å². The molecule has 0 aliphatic heterocycles. The third-order valence-electron chi connectivity index (χ3n) is 3.21. The Morgan fingerprint density at radius 3 is 1.82 bits per heavy atom. The molecule has 0 unspecified atom stereocenters. The Labute approximate surface area is 105 Å². The van der Waals surface area contributed by atoms with Crippen molar-refractivity contribution in [3.8, 4) is 0 Å². The molecule has 0 aromatic carbocycles. The van der Waals surface area contributed by atoms with Crippen molar-refractivity contribution >= 4 is 0 Å². The van der Waals surface area contributed by atoms with Crippen LogP contribution in [0.2, 0.25) is 0 Å². The van der Waals surface area contributed by atoms with E-state index in [1.807, 2.05) is 0 Å². The van der Waals surface area contributed by atoms with E-state index in [1.54, 1.807) is 0 Å². The van der Waals surface area contributed by atoms with Crippen molar-refractivity contribution in [3.63, 3.8) is 0 Å². The van der Waals surface area contributed by atoms with Crippen LogP contribution in [0.4, 0.5) is 0 Å². The summed E-state index contributed by atoms with van der Waals surface area (Å²) in [6.07, 6.45) is 0. The summed E-state index contributed by atoms with van der Waals surface area (Å²) >= 11 is 0. The van der Waals surface area contributed by atoms with Gasteiger partial charge in [-0.1, -0.05) is 27.7 Å². The zero-order chi connectivity index (χ0) is 13.0. The standard InChI is InChI=1S/C14H25N3/c1-7-17(8-2)9-13-15-11(5)14(10(3)4)12(6)16-13/h10H,7-9H2,1-6H3. The third-order valence-corrected chi connectivity index (χ3v) is 3.21. The van der Waals surface area contributed by atoms with Crippen molar-refractivity contribution in [2.45, 2.75) is 54.0 Å². The largest absolute Gasteiger partial charge is 0.296 e. The molecule has 0 bridgehead atoms. The molecule has 0 spiro atoms. The molecular formula is C14H25N3. The van der Waals surface area contributed by atoms with Crippen LogP contribution in [0.25, 0.3) is 0 Å². The monoisotopic (exact) mass is 235 g/mol. The van der Waals surface area contributed by atoms with Gasteiger partial charge in [0.25, 0.3) is 0 Å². The first-order valence-electron chi connectivity index (χ1n) is 6.55. The van der Waals surface area contributed by atoms with E-state index in [9.17, 15) is 0 Å². The molecule has 3 heteroatoms. The second kappa shape index (κ2) is 6.10. The summed E-state index contributed by atoms with van der Waals surface area (Å²) in [5.74, 6) is 1.45. The molecule has 17 heavy (non-hydrogen) atoms. The average molecular weight is 235 g/mol. The number of aromatic nitrogens is 2. The van der Waals surface area contributed by atoms with Crippen LogP contribution in [-0.2, 0) is 6.54 Å². The predicted octanol–water partition coefficient (Wildman–Crippen LogP) is 3.06. The molecule has 0 saturated carbocycles. The Kier molecular flexibility index (Phi) is 5.06. The highest BCUT2D eigenvalue weighted by Gasteiger charge is 2.12. The van der Waals surface area contributed by atoms with Crippen LogP contribution >= 0.6 is 0 Å². The normalized spacial score (nSPS) is 11.5. The van der Waals surface area contributed by atoms with Gasteiger partial charge in [0, 0.05) is 11.4 Å². The molecule has 0 saturated heterocycles. The second-order valence-corrected chi connectivity index (χ2v) is 4.84. The van der Waals surface area contributed by atoms with Crippen LogP contribution in [-0.4, -0.2) is 28.0 Å². The van der Waals surface area contributed by atoms with E-state index in [2.05, 4.69) is 56.4 Å². The Bertz CT molecular complexity index is 345. The Balaban J connectivity index is 2.98. The molecule has 1 heterocycles. The van der Waals surface area contributed by atoms with Gasteiger partial charge in [-0.2, -0.15) is 0 Å².